The van der Waals surface area contributed by atoms with Crippen LogP contribution in [0.25, 0.3) is 0 Å². The lowest BCUT2D eigenvalue weighted by Gasteiger charge is -2.14. The Morgan fingerprint density at radius 3 is 3.00 bits per heavy atom. The monoisotopic (exact) mass is 281 g/mol. The van der Waals surface area contributed by atoms with E-state index in [1.165, 1.54) is 0 Å². The highest BCUT2D eigenvalue weighted by atomic mass is 35.5. The number of carbonyl (C=O) groups is 1. The number of nitrogens with one attached hydrogen (secondary N) is 1. The normalized spacial score (nSPS) is 19.6. The van der Waals surface area contributed by atoms with E-state index in [1.807, 2.05) is 0 Å². The fourth-order valence-corrected chi connectivity index (χ4v) is 2.51. The minimum atomic E-state index is -0.0849. The average Bonchev–Trinajstić information content (AvgIpc) is 2.87. The maximum absolute atomic E-state index is 12.0. The van der Waals surface area contributed by atoms with E-state index >= 15 is 0 Å². The quantitative estimate of drug-likeness (QED) is 0.830. The lowest BCUT2D eigenvalue weighted by atomic mass is 10.1. The van der Waals surface area contributed by atoms with Gasteiger partial charge in [0.05, 0.1) is 10.7 Å². The lowest BCUT2D eigenvalue weighted by Crippen LogP contribution is -2.31. The molecule has 3 N–H and O–H groups in total. The zero-order valence-corrected chi connectivity index (χ0v) is 11.9. The maximum atomic E-state index is 12.0. The number of amides is 1. The van der Waals surface area contributed by atoms with Gasteiger partial charge in [-0.25, -0.2) is 0 Å². The van der Waals surface area contributed by atoms with Crippen LogP contribution >= 0.6 is 11.6 Å². The molecule has 1 unspecified atom stereocenters. The number of hydrogen-bond acceptors (Lipinski definition) is 3. The molecule has 1 heterocycles. The number of nitrogens with zero attached hydrogens (tertiary/aromatic N) is 1. The van der Waals surface area contributed by atoms with Crippen LogP contribution in [0.1, 0.15) is 23.7 Å². The number of benzene rings is 1. The molecule has 1 saturated heterocycles. The standard InChI is InChI=1S/C14H20ClN3O/c1-2-18-6-5-10(9-18)8-17-14(19)11-3-4-12(15)13(16)7-11/h3-4,7,10H,2,5-6,8-9,16H2,1H3,(H,17,19). The third-order valence-electron chi connectivity index (χ3n) is 3.63. The average molecular weight is 282 g/mol. The Morgan fingerprint density at radius 2 is 2.37 bits per heavy atom. The van der Waals surface area contributed by atoms with Gasteiger partial charge in [0.25, 0.3) is 5.91 Å². The summed E-state index contributed by atoms with van der Waals surface area (Å²) < 4.78 is 0. The minimum Gasteiger partial charge on any atom is -0.398 e. The summed E-state index contributed by atoms with van der Waals surface area (Å²) in [4.78, 5) is 14.4. The van der Waals surface area contributed by atoms with Crippen LogP contribution < -0.4 is 11.1 Å². The van der Waals surface area contributed by atoms with Crippen molar-refractivity contribution in [3.8, 4) is 0 Å². The van der Waals surface area contributed by atoms with Gasteiger partial charge in [-0.05, 0) is 43.6 Å². The van der Waals surface area contributed by atoms with Crippen molar-refractivity contribution >= 4 is 23.2 Å². The molecule has 2 rings (SSSR count). The Kier molecular flexibility index (Phi) is 4.66. The zero-order valence-electron chi connectivity index (χ0n) is 11.2. The van der Waals surface area contributed by atoms with Gasteiger partial charge in [0, 0.05) is 18.7 Å². The smallest absolute Gasteiger partial charge is 0.251 e. The van der Waals surface area contributed by atoms with Crippen LogP contribution in [0.15, 0.2) is 18.2 Å². The Morgan fingerprint density at radius 1 is 1.58 bits per heavy atom. The van der Waals surface area contributed by atoms with Crippen molar-refractivity contribution in [1.29, 1.82) is 0 Å². The van der Waals surface area contributed by atoms with Crippen molar-refractivity contribution in [3.05, 3.63) is 28.8 Å². The van der Waals surface area contributed by atoms with Gasteiger partial charge in [0.1, 0.15) is 0 Å². The van der Waals surface area contributed by atoms with Crippen LogP contribution in [-0.2, 0) is 0 Å². The molecular formula is C14H20ClN3O. The van der Waals surface area contributed by atoms with Gasteiger partial charge < -0.3 is 16.0 Å². The van der Waals surface area contributed by atoms with Crippen molar-refractivity contribution < 1.29 is 4.79 Å². The third-order valence-corrected chi connectivity index (χ3v) is 3.97. The molecular weight excluding hydrogens is 262 g/mol. The lowest BCUT2D eigenvalue weighted by molar-refractivity contribution is 0.0947. The van der Waals surface area contributed by atoms with Crippen LogP contribution in [0.5, 0.6) is 0 Å². The number of anilines is 1. The molecule has 1 atom stereocenters. The first kappa shape index (κ1) is 14.2. The molecule has 1 aromatic rings. The molecule has 0 spiro atoms. The molecule has 104 valence electrons. The molecule has 0 saturated carbocycles. The van der Waals surface area contributed by atoms with E-state index in [4.69, 9.17) is 17.3 Å². The number of halogens is 1. The van der Waals surface area contributed by atoms with Gasteiger partial charge in [-0.15, -0.1) is 0 Å². The van der Waals surface area contributed by atoms with Gasteiger partial charge in [0.2, 0.25) is 0 Å². The van der Waals surface area contributed by atoms with E-state index in [0.717, 1.165) is 32.6 Å². The third kappa shape index (κ3) is 3.61. The highest BCUT2D eigenvalue weighted by Crippen LogP contribution is 2.19. The topological polar surface area (TPSA) is 58.4 Å². The van der Waals surface area contributed by atoms with Crippen LogP contribution in [0.3, 0.4) is 0 Å². The summed E-state index contributed by atoms with van der Waals surface area (Å²) in [6.07, 6.45) is 1.15. The first-order chi connectivity index (χ1) is 9.10. The highest BCUT2D eigenvalue weighted by molar-refractivity contribution is 6.33. The maximum Gasteiger partial charge on any atom is 0.251 e. The molecule has 19 heavy (non-hydrogen) atoms. The Labute approximate surface area is 118 Å². The van der Waals surface area contributed by atoms with Crippen molar-refractivity contribution in [2.75, 3.05) is 31.9 Å². The van der Waals surface area contributed by atoms with Crippen molar-refractivity contribution in [3.63, 3.8) is 0 Å². The molecule has 0 radical (unpaired) electrons. The molecule has 0 aliphatic carbocycles. The molecule has 1 aromatic carbocycles. The van der Waals surface area contributed by atoms with E-state index in [9.17, 15) is 4.79 Å². The van der Waals surface area contributed by atoms with E-state index in [-0.39, 0.29) is 5.91 Å². The van der Waals surface area contributed by atoms with Gasteiger partial charge in [-0.2, -0.15) is 0 Å². The number of carbonyl (C=O) groups excluding carboxylic acids is 1. The summed E-state index contributed by atoms with van der Waals surface area (Å²) in [5, 5.41) is 3.45. The van der Waals surface area contributed by atoms with Crippen LogP contribution in [-0.4, -0.2) is 37.0 Å². The molecule has 4 nitrogen and oxygen atoms in total. The second-order valence-electron chi connectivity index (χ2n) is 4.99. The van der Waals surface area contributed by atoms with Crippen molar-refractivity contribution in [2.45, 2.75) is 13.3 Å². The minimum absolute atomic E-state index is 0.0849. The van der Waals surface area contributed by atoms with E-state index in [2.05, 4.69) is 17.1 Å². The summed E-state index contributed by atoms with van der Waals surface area (Å²) in [5.74, 6) is 0.465. The molecule has 1 aliphatic rings. The Hall–Kier alpha value is -1.26. The first-order valence-electron chi connectivity index (χ1n) is 6.65. The fraction of sp³-hybridized carbons (Fsp3) is 0.500. The SMILES string of the molecule is CCN1CCC(CNC(=O)c2ccc(Cl)c(N)c2)C1. The summed E-state index contributed by atoms with van der Waals surface area (Å²) in [7, 11) is 0. The van der Waals surface area contributed by atoms with Crippen LogP contribution in [0.4, 0.5) is 5.69 Å². The molecule has 1 amide bonds. The largest absolute Gasteiger partial charge is 0.398 e. The number of rotatable bonds is 4. The highest BCUT2D eigenvalue weighted by Gasteiger charge is 2.21. The fourth-order valence-electron chi connectivity index (χ4n) is 2.39. The molecule has 0 bridgehead atoms. The second kappa shape index (κ2) is 6.26. The predicted molar refractivity (Wildman–Crippen MR) is 78.4 cm³/mol. The van der Waals surface area contributed by atoms with Crippen molar-refractivity contribution in [1.82, 2.24) is 10.2 Å². The van der Waals surface area contributed by atoms with Gasteiger partial charge in [-0.1, -0.05) is 18.5 Å². The molecule has 1 aliphatic heterocycles. The summed E-state index contributed by atoms with van der Waals surface area (Å²) in [5.41, 5.74) is 6.69. The second-order valence-corrected chi connectivity index (χ2v) is 5.40. The van der Waals surface area contributed by atoms with E-state index < -0.39 is 0 Å². The zero-order chi connectivity index (χ0) is 13.8. The van der Waals surface area contributed by atoms with E-state index in [1.54, 1.807) is 18.2 Å². The summed E-state index contributed by atoms with van der Waals surface area (Å²) >= 11 is 5.84. The van der Waals surface area contributed by atoms with Gasteiger partial charge in [-0.3, -0.25) is 4.79 Å². The van der Waals surface area contributed by atoms with Crippen LogP contribution in [0, 0.1) is 5.92 Å². The number of likely N-dealkylation sites (tertiary alicyclic amines) is 1. The van der Waals surface area contributed by atoms with Gasteiger partial charge in [0.15, 0.2) is 0 Å². The number of hydrogen-bond donors (Lipinski definition) is 2. The van der Waals surface area contributed by atoms with E-state index in [0.29, 0.717) is 22.2 Å². The Balaban J connectivity index is 1.86. The first-order valence-corrected chi connectivity index (χ1v) is 7.03. The van der Waals surface area contributed by atoms with Crippen LogP contribution in [0.2, 0.25) is 5.02 Å². The number of nitrogen functional groups attached to an aromatic ring is 1. The van der Waals surface area contributed by atoms with Gasteiger partial charge >= 0.3 is 0 Å². The molecule has 5 heteroatoms. The summed E-state index contributed by atoms with van der Waals surface area (Å²) in [6, 6.07) is 4.96. The predicted octanol–water partition coefficient (Wildman–Crippen LogP) is 1.99. The van der Waals surface area contributed by atoms with Crippen molar-refractivity contribution in [2.24, 2.45) is 5.92 Å². The molecule has 0 aromatic heterocycles. The number of nitrogens with two attached hydrogens (primary N) is 1. The summed E-state index contributed by atoms with van der Waals surface area (Å²) in [6.45, 7) is 6.16. The molecule has 1 fully saturated rings. The Bertz CT molecular complexity index is 464.